The molecule has 3 aromatic rings. The van der Waals surface area contributed by atoms with Gasteiger partial charge >= 0.3 is 0 Å². The molecule has 170 valence electrons. The lowest BCUT2D eigenvalue weighted by Gasteiger charge is -2.16. The van der Waals surface area contributed by atoms with Gasteiger partial charge in [-0.1, -0.05) is 48.0 Å². The third kappa shape index (κ3) is 7.43. The molecule has 0 aliphatic rings. The van der Waals surface area contributed by atoms with Gasteiger partial charge in [-0.15, -0.1) is 0 Å². The van der Waals surface area contributed by atoms with Gasteiger partial charge in [0.05, 0.1) is 11.4 Å². The van der Waals surface area contributed by atoms with Crippen LogP contribution in [0.3, 0.4) is 0 Å². The quantitative estimate of drug-likeness (QED) is 0.481. The molecule has 0 fully saturated rings. The molecule has 32 heavy (non-hydrogen) atoms. The second kappa shape index (κ2) is 11.7. The summed E-state index contributed by atoms with van der Waals surface area (Å²) < 4.78 is 18.2. The maximum Gasteiger partial charge on any atom is 0.232 e. The van der Waals surface area contributed by atoms with Crippen LogP contribution in [0.4, 0.5) is 0 Å². The fourth-order valence-electron chi connectivity index (χ4n) is 3.33. The fraction of sp³-hybridized carbons (Fsp3) is 0.360. The Kier molecular flexibility index (Phi) is 8.76. The Morgan fingerprint density at radius 3 is 2.62 bits per heavy atom. The maximum absolute atomic E-state index is 12.5. The highest BCUT2D eigenvalue weighted by atomic mass is 32.2. The van der Waals surface area contributed by atoms with Gasteiger partial charge in [0.1, 0.15) is 11.5 Å². The molecule has 1 heterocycles. The maximum atomic E-state index is 12.5. The van der Waals surface area contributed by atoms with Crippen LogP contribution in [0.2, 0.25) is 0 Å². The third-order valence-corrected chi connectivity index (χ3v) is 6.37. The Balaban J connectivity index is 1.40. The van der Waals surface area contributed by atoms with Crippen molar-refractivity contribution in [2.75, 3.05) is 32.4 Å². The average Bonchev–Trinajstić information content (AvgIpc) is 3.13. The van der Waals surface area contributed by atoms with Gasteiger partial charge in [-0.05, 0) is 45.0 Å². The summed E-state index contributed by atoms with van der Waals surface area (Å²) in [5.74, 6) is 1.10. The predicted molar refractivity (Wildman–Crippen MR) is 129 cm³/mol. The summed E-state index contributed by atoms with van der Waals surface area (Å²) in [6.45, 7) is 6.01. The summed E-state index contributed by atoms with van der Waals surface area (Å²) in [5.41, 5.74) is 3.94. The Bertz CT molecular complexity index is 1050. The first-order valence-electron chi connectivity index (χ1n) is 10.8. The molecule has 0 spiro atoms. The normalized spacial score (nSPS) is 12.1. The standard InChI is InChI=1S/C25H31N3O3S/c1-19-8-7-11-22(16-19)25-27-23(20(2)31-25)17-32(30)18-24(29)26-13-15-28(3)14-12-21-9-5-4-6-10-21/h4-11,16H,12-15,17-18H2,1-3H3,(H,26,29)/t32-/m1/s1. The SMILES string of the molecule is Cc1cccc(-c2nc(C[S@@](=O)CC(=O)NCCN(C)CCc3ccccc3)c(C)o2)c1. The van der Waals surface area contributed by atoms with Crippen molar-refractivity contribution >= 4 is 16.7 Å². The molecule has 0 saturated heterocycles. The first kappa shape index (κ1) is 23.9. The van der Waals surface area contributed by atoms with Crippen molar-refractivity contribution in [2.45, 2.75) is 26.0 Å². The van der Waals surface area contributed by atoms with Crippen molar-refractivity contribution in [1.82, 2.24) is 15.2 Å². The molecule has 0 saturated carbocycles. The van der Waals surface area contributed by atoms with E-state index in [2.05, 4.69) is 27.3 Å². The van der Waals surface area contributed by atoms with Crippen molar-refractivity contribution < 1.29 is 13.4 Å². The van der Waals surface area contributed by atoms with Gasteiger partial charge in [-0.25, -0.2) is 4.98 Å². The van der Waals surface area contributed by atoms with E-state index in [4.69, 9.17) is 4.42 Å². The van der Waals surface area contributed by atoms with E-state index >= 15 is 0 Å². The van der Waals surface area contributed by atoms with Gasteiger partial charge in [0.25, 0.3) is 0 Å². The molecule has 0 bridgehead atoms. The Hall–Kier alpha value is -2.77. The molecular weight excluding hydrogens is 422 g/mol. The number of likely N-dealkylation sites (N-methyl/N-ethyl adjacent to an activating group) is 1. The lowest BCUT2D eigenvalue weighted by molar-refractivity contribution is -0.118. The molecular formula is C25H31N3O3S. The number of amides is 1. The lowest BCUT2D eigenvalue weighted by atomic mass is 10.1. The zero-order valence-electron chi connectivity index (χ0n) is 19.0. The number of hydrogen-bond acceptors (Lipinski definition) is 5. The second-order valence-electron chi connectivity index (χ2n) is 8.01. The zero-order valence-corrected chi connectivity index (χ0v) is 19.8. The van der Waals surface area contributed by atoms with Crippen LogP contribution in [0.5, 0.6) is 0 Å². The molecule has 2 aromatic carbocycles. The fourth-order valence-corrected chi connectivity index (χ4v) is 4.40. The predicted octanol–water partition coefficient (Wildman–Crippen LogP) is 3.50. The largest absolute Gasteiger partial charge is 0.441 e. The molecule has 7 heteroatoms. The van der Waals surface area contributed by atoms with Crippen molar-refractivity contribution in [1.29, 1.82) is 0 Å². The molecule has 0 radical (unpaired) electrons. The number of nitrogens with zero attached hydrogens (tertiary/aromatic N) is 2. The average molecular weight is 454 g/mol. The summed E-state index contributed by atoms with van der Waals surface area (Å²) in [6.07, 6.45) is 0.969. The first-order valence-corrected chi connectivity index (χ1v) is 12.3. The van der Waals surface area contributed by atoms with Gasteiger partial charge in [-0.3, -0.25) is 9.00 Å². The van der Waals surface area contributed by atoms with Crippen LogP contribution in [0.15, 0.2) is 59.0 Å². The molecule has 1 amide bonds. The van der Waals surface area contributed by atoms with Crippen molar-refractivity contribution in [3.63, 3.8) is 0 Å². The minimum atomic E-state index is -1.35. The van der Waals surface area contributed by atoms with Crippen molar-refractivity contribution in [2.24, 2.45) is 0 Å². The minimum Gasteiger partial charge on any atom is -0.441 e. The summed E-state index contributed by atoms with van der Waals surface area (Å²) in [7, 11) is 0.685. The summed E-state index contributed by atoms with van der Waals surface area (Å²) >= 11 is 0. The molecule has 3 rings (SSSR count). The number of nitrogens with one attached hydrogen (secondary N) is 1. The van der Waals surface area contributed by atoms with Crippen LogP contribution in [0.1, 0.15) is 22.6 Å². The third-order valence-electron chi connectivity index (χ3n) is 5.19. The van der Waals surface area contributed by atoms with Gasteiger partial charge in [0.15, 0.2) is 0 Å². The van der Waals surface area contributed by atoms with E-state index in [1.165, 1.54) is 5.56 Å². The van der Waals surface area contributed by atoms with E-state index in [1.54, 1.807) is 0 Å². The van der Waals surface area contributed by atoms with E-state index < -0.39 is 10.8 Å². The lowest BCUT2D eigenvalue weighted by Crippen LogP contribution is -2.36. The summed E-state index contributed by atoms with van der Waals surface area (Å²) in [5, 5.41) is 2.86. The Morgan fingerprint density at radius 1 is 1.09 bits per heavy atom. The number of oxazole rings is 1. The molecule has 1 N–H and O–H groups in total. The molecule has 0 aliphatic carbocycles. The number of aryl methyl sites for hydroxylation is 2. The van der Waals surface area contributed by atoms with Crippen LogP contribution in [0.25, 0.3) is 11.5 Å². The topological polar surface area (TPSA) is 75.4 Å². The number of aromatic nitrogens is 1. The smallest absolute Gasteiger partial charge is 0.232 e. The number of carbonyl (C=O) groups excluding carboxylic acids is 1. The van der Waals surface area contributed by atoms with Crippen LogP contribution in [-0.4, -0.2) is 52.4 Å². The second-order valence-corrected chi connectivity index (χ2v) is 9.47. The first-order chi connectivity index (χ1) is 15.4. The van der Waals surface area contributed by atoms with Crippen LogP contribution in [-0.2, 0) is 27.8 Å². The molecule has 0 aliphatic heterocycles. The number of benzene rings is 2. The number of hydrogen-bond donors (Lipinski definition) is 1. The number of rotatable bonds is 11. The van der Waals surface area contributed by atoms with Crippen molar-refractivity contribution in [3.05, 3.63) is 77.2 Å². The van der Waals surface area contributed by atoms with Gasteiger partial charge in [0.2, 0.25) is 11.8 Å². The van der Waals surface area contributed by atoms with Crippen molar-refractivity contribution in [3.8, 4) is 11.5 Å². The highest BCUT2D eigenvalue weighted by Crippen LogP contribution is 2.23. The highest BCUT2D eigenvalue weighted by Gasteiger charge is 2.16. The summed E-state index contributed by atoms with van der Waals surface area (Å²) in [6, 6.07) is 18.2. The van der Waals surface area contributed by atoms with Crippen LogP contribution < -0.4 is 5.32 Å². The van der Waals surface area contributed by atoms with Gasteiger partial charge < -0.3 is 14.6 Å². The Labute approximate surface area is 192 Å². The van der Waals surface area contributed by atoms with Gasteiger partial charge in [0, 0.05) is 36.0 Å². The monoisotopic (exact) mass is 453 g/mol. The zero-order chi connectivity index (χ0) is 22.9. The van der Waals surface area contributed by atoms with E-state index in [1.807, 2.05) is 63.4 Å². The molecule has 6 nitrogen and oxygen atoms in total. The number of carbonyl (C=O) groups is 1. The van der Waals surface area contributed by atoms with Crippen LogP contribution >= 0.6 is 0 Å². The van der Waals surface area contributed by atoms with Crippen LogP contribution in [0, 0.1) is 13.8 Å². The summed E-state index contributed by atoms with van der Waals surface area (Å²) in [4.78, 5) is 18.9. The molecule has 1 aromatic heterocycles. The Morgan fingerprint density at radius 2 is 1.88 bits per heavy atom. The highest BCUT2D eigenvalue weighted by molar-refractivity contribution is 7.84. The minimum absolute atomic E-state index is 0.0419. The molecule has 0 unspecified atom stereocenters. The van der Waals surface area contributed by atoms with E-state index in [-0.39, 0.29) is 17.4 Å². The van der Waals surface area contributed by atoms with E-state index in [0.29, 0.717) is 23.9 Å². The van der Waals surface area contributed by atoms with Gasteiger partial charge in [-0.2, -0.15) is 0 Å². The van der Waals surface area contributed by atoms with E-state index in [0.717, 1.165) is 30.6 Å². The van der Waals surface area contributed by atoms with E-state index in [9.17, 15) is 9.00 Å². The molecule has 1 atom stereocenters.